The van der Waals surface area contributed by atoms with Crippen LogP contribution in [0.15, 0.2) is 12.1 Å². The van der Waals surface area contributed by atoms with Gasteiger partial charge in [-0.1, -0.05) is 23.2 Å². The second kappa shape index (κ2) is 3.93. The van der Waals surface area contributed by atoms with Crippen molar-refractivity contribution in [2.75, 3.05) is 6.61 Å². The van der Waals surface area contributed by atoms with E-state index in [9.17, 15) is 0 Å². The summed E-state index contributed by atoms with van der Waals surface area (Å²) >= 11 is 11.7. The maximum atomic E-state index is 5.88. The monoisotopic (exact) mass is 239 g/mol. The quantitative estimate of drug-likeness (QED) is 0.757. The molecule has 0 spiro atoms. The molecule has 1 atom stereocenters. The lowest BCUT2D eigenvalue weighted by Crippen LogP contribution is -2.10. The third-order valence-corrected chi connectivity index (χ3v) is 2.34. The molecule has 2 nitrogen and oxygen atoms in total. The van der Waals surface area contributed by atoms with E-state index < -0.39 is 0 Å². The predicted molar refractivity (Wildman–Crippen MR) is 56.1 cm³/mol. The van der Waals surface area contributed by atoms with Crippen LogP contribution >= 0.6 is 35.6 Å². The topological polar surface area (TPSA) is 35.2 Å². The smallest absolute Gasteiger partial charge is 0.142 e. The highest BCUT2D eigenvalue weighted by Crippen LogP contribution is 2.39. The number of hydrogen-bond donors (Lipinski definition) is 1. The second-order valence-electron chi connectivity index (χ2n) is 2.72. The molecule has 0 saturated carbocycles. The molecule has 1 aromatic carbocycles. The van der Waals surface area contributed by atoms with E-state index in [1.807, 2.05) is 0 Å². The molecular formula is C8H8Cl3NO. The highest BCUT2D eigenvalue weighted by atomic mass is 35.5. The van der Waals surface area contributed by atoms with Crippen LogP contribution in [0.3, 0.4) is 0 Å². The van der Waals surface area contributed by atoms with Crippen molar-refractivity contribution in [1.29, 1.82) is 0 Å². The van der Waals surface area contributed by atoms with Gasteiger partial charge in [-0.2, -0.15) is 0 Å². The number of nitrogens with two attached hydrogens (primary N) is 1. The molecule has 5 heteroatoms. The van der Waals surface area contributed by atoms with E-state index in [4.69, 9.17) is 33.7 Å². The minimum absolute atomic E-state index is 0. The van der Waals surface area contributed by atoms with E-state index in [1.54, 1.807) is 12.1 Å². The minimum Gasteiger partial charge on any atom is -0.490 e. The number of ether oxygens (including phenoxy) is 1. The van der Waals surface area contributed by atoms with Gasteiger partial charge in [0.15, 0.2) is 0 Å². The molecule has 2 rings (SSSR count). The van der Waals surface area contributed by atoms with Gasteiger partial charge in [-0.05, 0) is 12.1 Å². The number of hydrogen-bond acceptors (Lipinski definition) is 2. The molecule has 1 heterocycles. The van der Waals surface area contributed by atoms with Gasteiger partial charge in [0.1, 0.15) is 12.4 Å². The summed E-state index contributed by atoms with van der Waals surface area (Å²) in [5.74, 6) is 0.675. The Balaban J connectivity index is 0.000000845. The Labute approximate surface area is 92.4 Å². The summed E-state index contributed by atoms with van der Waals surface area (Å²) in [7, 11) is 0. The van der Waals surface area contributed by atoms with Gasteiger partial charge in [0.2, 0.25) is 0 Å². The van der Waals surface area contributed by atoms with Crippen LogP contribution in [0.4, 0.5) is 0 Å². The van der Waals surface area contributed by atoms with Gasteiger partial charge in [0.25, 0.3) is 0 Å². The first-order chi connectivity index (χ1) is 5.68. The van der Waals surface area contributed by atoms with E-state index in [0.29, 0.717) is 22.4 Å². The molecular weight excluding hydrogens is 232 g/mol. The molecule has 0 saturated heterocycles. The summed E-state index contributed by atoms with van der Waals surface area (Å²) in [5.41, 5.74) is 6.64. The van der Waals surface area contributed by atoms with Crippen molar-refractivity contribution in [2.45, 2.75) is 6.04 Å². The molecule has 2 N–H and O–H groups in total. The Morgan fingerprint density at radius 1 is 1.38 bits per heavy atom. The number of rotatable bonds is 0. The van der Waals surface area contributed by atoms with E-state index >= 15 is 0 Å². The lowest BCUT2D eigenvalue weighted by Gasteiger charge is -2.02. The van der Waals surface area contributed by atoms with Crippen LogP contribution in [-0.4, -0.2) is 6.61 Å². The minimum atomic E-state index is -0.101. The first-order valence-corrected chi connectivity index (χ1v) is 4.31. The Kier molecular flexibility index (Phi) is 3.30. The summed E-state index contributed by atoms with van der Waals surface area (Å²) in [4.78, 5) is 0. The summed E-state index contributed by atoms with van der Waals surface area (Å²) in [6, 6.07) is 3.34. The maximum absolute atomic E-state index is 5.88. The lowest BCUT2D eigenvalue weighted by molar-refractivity contribution is 0.333. The van der Waals surface area contributed by atoms with Crippen molar-refractivity contribution in [3.05, 3.63) is 27.7 Å². The standard InChI is InChI=1S/C8H7Cl2NO.ClH/c9-4-1-5-7(11)3-12-8(5)6(10)2-4;/h1-2,7H,3,11H2;1H/t7-;/m0./s1. The van der Waals surface area contributed by atoms with E-state index in [0.717, 1.165) is 5.56 Å². The molecule has 1 aromatic rings. The first-order valence-electron chi connectivity index (χ1n) is 3.56. The average Bonchev–Trinajstić information content (AvgIpc) is 2.33. The third-order valence-electron chi connectivity index (χ3n) is 1.84. The molecule has 13 heavy (non-hydrogen) atoms. The van der Waals surface area contributed by atoms with Crippen LogP contribution < -0.4 is 10.5 Å². The molecule has 0 amide bonds. The molecule has 1 aliphatic heterocycles. The van der Waals surface area contributed by atoms with E-state index in [2.05, 4.69) is 0 Å². The molecule has 0 aromatic heterocycles. The van der Waals surface area contributed by atoms with Gasteiger partial charge in [-0.25, -0.2) is 0 Å². The van der Waals surface area contributed by atoms with Crippen LogP contribution in [0.25, 0.3) is 0 Å². The molecule has 0 radical (unpaired) electrons. The molecule has 0 aliphatic carbocycles. The van der Waals surface area contributed by atoms with Gasteiger partial charge < -0.3 is 10.5 Å². The summed E-state index contributed by atoms with van der Waals surface area (Å²) in [5, 5.41) is 1.13. The molecule has 0 fully saturated rings. The zero-order valence-corrected chi connectivity index (χ0v) is 8.92. The van der Waals surface area contributed by atoms with Crippen molar-refractivity contribution in [3.63, 3.8) is 0 Å². The second-order valence-corrected chi connectivity index (χ2v) is 3.57. The molecule has 0 unspecified atom stereocenters. The van der Waals surface area contributed by atoms with Crippen LogP contribution in [0.5, 0.6) is 5.75 Å². The SMILES string of the molecule is Cl.N[C@H]1COc2c(Cl)cc(Cl)cc21. The Hall–Kier alpha value is -0.150. The average molecular weight is 241 g/mol. The van der Waals surface area contributed by atoms with Crippen LogP contribution in [0, 0.1) is 0 Å². The summed E-state index contributed by atoms with van der Waals surface area (Å²) < 4.78 is 5.28. The highest BCUT2D eigenvalue weighted by Gasteiger charge is 2.23. The Morgan fingerprint density at radius 3 is 2.77 bits per heavy atom. The van der Waals surface area contributed by atoms with Crippen molar-refractivity contribution in [3.8, 4) is 5.75 Å². The van der Waals surface area contributed by atoms with Crippen LogP contribution in [-0.2, 0) is 0 Å². The number of benzene rings is 1. The Morgan fingerprint density at radius 2 is 2.08 bits per heavy atom. The largest absolute Gasteiger partial charge is 0.490 e. The fourth-order valence-corrected chi connectivity index (χ4v) is 1.83. The fraction of sp³-hybridized carbons (Fsp3) is 0.250. The van der Waals surface area contributed by atoms with Gasteiger partial charge in [-0.15, -0.1) is 12.4 Å². The van der Waals surface area contributed by atoms with Crippen molar-refractivity contribution >= 4 is 35.6 Å². The van der Waals surface area contributed by atoms with Gasteiger partial charge >= 0.3 is 0 Å². The summed E-state index contributed by atoms with van der Waals surface area (Å²) in [6.45, 7) is 0.482. The maximum Gasteiger partial charge on any atom is 0.142 e. The molecule has 72 valence electrons. The summed E-state index contributed by atoms with van der Waals surface area (Å²) in [6.07, 6.45) is 0. The van der Waals surface area contributed by atoms with Gasteiger partial charge in [0, 0.05) is 10.6 Å². The lowest BCUT2D eigenvalue weighted by atomic mass is 10.1. The first kappa shape index (κ1) is 10.9. The van der Waals surface area contributed by atoms with Gasteiger partial charge in [-0.3, -0.25) is 0 Å². The van der Waals surface area contributed by atoms with E-state index in [1.165, 1.54) is 0 Å². The zero-order chi connectivity index (χ0) is 8.72. The van der Waals surface area contributed by atoms with Gasteiger partial charge in [0.05, 0.1) is 11.1 Å². The van der Waals surface area contributed by atoms with E-state index in [-0.39, 0.29) is 18.4 Å². The molecule has 1 aliphatic rings. The third kappa shape index (κ3) is 1.86. The van der Waals surface area contributed by atoms with Crippen molar-refractivity contribution < 1.29 is 4.74 Å². The number of fused-ring (bicyclic) bond motifs is 1. The number of halogens is 3. The molecule has 0 bridgehead atoms. The normalized spacial score (nSPS) is 18.8. The van der Waals surface area contributed by atoms with Crippen molar-refractivity contribution in [1.82, 2.24) is 0 Å². The predicted octanol–water partition coefficient (Wildman–Crippen LogP) is 2.81. The Bertz CT molecular complexity index is 329. The van der Waals surface area contributed by atoms with Crippen molar-refractivity contribution in [2.24, 2.45) is 5.73 Å². The zero-order valence-electron chi connectivity index (χ0n) is 6.59. The van der Waals surface area contributed by atoms with Crippen LogP contribution in [0.1, 0.15) is 11.6 Å². The highest BCUT2D eigenvalue weighted by molar-refractivity contribution is 6.35. The van der Waals surface area contributed by atoms with Crippen LogP contribution in [0.2, 0.25) is 10.0 Å². The fourth-order valence-electron chi connectivity index (χ4n) is 1.27.